The molecule has 1 aromatic heterocycles. The standard InChI is InChI=1S/C24H31N3O3.C2HF3O2/c1-29-22-16-19-21(17-23(22)30-15-7-13-27-11-4-5-12-27)26-20-9-3-2-8-18(20)24(19)25-10-6-14-28;3-2(4,5)1(6)7/h2-3,8-9,16-17,28H,4-7,10-15H2,1H3,(H,25,26);(H,6,7). The van der Waals surface area contributed by atoms with Crippen molar-refractivity contribution in [1.82, 2.24) is 9.88 Å². The van der Waals surface area contributed by atoms with Crippen molar-refractivity contribution in [2.75, 3.05) is 51.8 Å². The molecule has 0 unspecified atom stereocenters. The van der Waals surface area contributed by atoms with Gasteiger partial charge >= 0.3 is 12.1 Å². The number of benzene rings is 2. The van der Waals surface area contributed by atoms with Gasteiger partial charge in [-0.3, -0.25) is 0 Å². The minimum absolute atomic E-state index is 0.159. The molecule has 0 radical (unpaired) electrons. The predicted octanol–water partition coefficient (Wildman–Crippen LogP) is 4.69. The summed E-state index contributed by atoms with van der Waals surface area (Å²) >= 11 is 0. The molecule has 0 amide bonds. The Balaban J connectivity index is 0.000000479. The molecule has 3 N–H and O–H groups in total. The average molecular weight is 524 g/mol. The molecule has 4 rings (SSSR count). The molecule has 1 aliphatic rings. The van der Waals surface area contributed by atoms with Crippen LogP contribution in [-0.2, 0) is 4.79 Å². The number of anilines is 1. The number of ether oxygens (including phenoxy) is 2. The number of pyridine rings is 1. The first kappa shape index (κ1) is 28.3. The van der Waals surface area contributed by atoms with E-state index in [1.54, 1.807) is 7.11 Å². The number of likely N-dealkylation sites (tertiary alicyclic amines) is 1. The average Bonchev–Trinajstić information content (AvgIpc) is 3.39. The van der Waals surface area contributed by atoms with Gasteiger partial charge in [0.2, 0.25) is 0 Å². The summed E-state index contributed by atoms with van der Waals surface area (Å²) in [4.78, 5) is 16.3. The van der Waals surface area contributed by atoms with Crippen LogP contribution in [0.15, 0.2) is 36.4 Å². The smallest absolute Gasteiger partial charge is 0.490 e. The van der Waals surface area contributed by atoms with Gasteiger partial charge in [0, 0.05) is 36.5 Å². The molecule has 0 bridgehead atoms. The summed E-state index contributed by atoms with van der Waals surface area (Å²) in [6.07, 6.45) is -0.769. The lowest BCUT2D eigenvalue weighted by atomic mass is 10.1. The molecule has 37 heavy (non-hydrogen) atoms. The lowest BCUT2D eigenvalue weighted by molar-refractivity contribution is -0.192. The van der Waals surface area contributed by atoms with Gasteiger partial charge in [0.15, 0.2) is 11.5 Å². The second-order valence-corrected chi connectivity index (χ2v) is 8.58. The Kier molecular flexibility index (Phi) is 10.2. The van der Waals surface area contributed by atoms with Crippen LogP contribution in [0.4, 0.5) is 18.9 Å². The number of fused-ring (bicyclic) bond motifs is 2. The lowest BCUT2D eigenvalue weighted by Crippen LogP contribution is -2.21. The maximum atomic E-state index is 10.6. The van der Waals surface area contributed by atoms with Gasteiger partial charge < -0.3 is 29.9 Å². The summed E-state index contributed by atoms with van der Waals surface area (Å²) in [6.45, 7) is 5.01. The van der Waals surface area contributed by atoms with Crippen LogP contribution < -0.4 is 14.8 Å². The van der Waals surface area contributed by atoms with Crippen LogP contribution in [0.3, 0.4) is 0 Å². The van der Waals surface area contributed by atoms with Gasteiger partial charge in [0.25, 0.3) is 0 Å². The van der Waals surface area contributed by atoms with E-state index in [1.165, 1.54) is 25.9 Å². The molecule has 0 saturated carbocycles. The SMILES string of the molecule is COc1cc2c(NCCCO)c3ccccc3nc2cc1OCCCN1CCCC1.O=C(O)C(F)(F)F. The van der Waals surface area contributed by atoms with Gasteiger partial charge in [-0.15, -0.1) is 0 Å². The lowest BCUT2D eigenvalue weighted by Gasteiger charge is -2.17. The minimum atomic E-state index is -5.08. The van der Waals surface area contributed by atoms with Crippen LogP contribution in [0.2, 0.25) is 0 Å². The topological polar surface area (TPSA) is 104 Å². The van der Waals surface area contributed by atoms with Crippen LogP contribution in [0.5, 0.6) is 11.5 Å². The van der Waals surface area contributed by atoms with Crippen molar-refractivity contribution in [3.05, 3.63) is 36.4 Å². The third-order valence-corrected chi connectivity index (χ3v) is 5.92. The molecule has 0 spiro atoms. The first-order valence-electron chi connectivity index (χ1n) is 12.1. The Morgan fingerprint density at radius 1 is 1.08 bits per heavy atom. The van der Waals surface area contributed by atoms with Gasteiger partial charge in [-0.25, -0.2) is 9.78 Å². The van der Waals surface area contributed by atoms with Gasteiger partial charge in [-0.1, -0.05) is 18.2 Å². The zero-order valence-electron chi connectivity index (χ0n) is 20.7. The number of nitrogens with one attached hydrogen (secondary N) is 1. The first-order valence-corrected chi connectivity index (χ1v) is 12.1. The third kappa shape index (κ3) is 7.83. The Morgan fingerprint density at radius 3 is 2.43 bits per heavy atom. The molecular formula is C26H32F3N3O5. The van der Waals surface area contributed by atoms with Gasteiger partial charge in [-0.05, 0) is 50.9 Å². The fourth-order valence-corrected chi connectivity index (χ4v) is 4.13. The molecular weight excluding hydrogens is 491 g/mol. The van der Waals surface area contributed by atoms with E-state index in [1.807, 2.05) is 30.3 Å². The van der Waals surface area contributed by atoms with Crippen molar-refractivity contribution < 1.29 is 37.7 Å². The molecule has 3 aromatic rings. The highest BCUT2D eigenvalue weighted by Gasteiger charge is 2.38. The minimum Gasteiger partial charge on any atom is -0.493 e. The molecule has 1 aliphatic heterocycles. The molecule has 1 saturated heterocycles. The number of methoxy groups -OCH3 is 1. The number of para-hydroxylation sites is 1. The molecule has 202 valence electrons. The third-order valence-electron chi connectivity index (χ3n) is 5.92. The highest BCUT2D eigenvalue weighted by atomic mass is 19.4. The molecule has 0 aliphatic carbocycles. The van der Waals surface area contributed by atoms with Crippen LogP contribution in [0, 0.1) is 0 Å². The Morgan fingerprint density at radius 2 is 1.78 bits per heavy atom. The van der Waals surface area contributed by atoms with E-state index in [0.717, 1.165) is 46.2 Å². The number of carboxylic acid groups (broad SMARTS) is 1. The van der Waals surface area contributed by atoms with E-state index in [4.69, 9.17) is 29.5 Å². The molecule has 1 fully saturated rings. The Bertz CT molecular complexity index is 1180. The summed E-state index contributed by atoms with van der Waals surface area (Å²) in [5.74, 6) is -1.31. The number of nitrogens with zero attached hydrogens (tertiary/aromatic N) is 2. The van der Waals surface area contributed by atoms with Crippen LogP contribution >= 0.6 is 0 Å². The predicted molar refractivity (Wildman–Crippen MR) is 135 cm³/mol. The zero-order valence-corrected chi connectivity index (χ0v) is 20.7. The molecule has 8 nitrogen and oxygen atoms in total. The zero-order chi connectivity index (χ0) is 26.8. The highest BCUT2D eigenvalue weighted by Crippen LogP contribution is 2.38. The van der Waals surface area contributed by atoms with E-state index in [-0.39, 0.29) is 6.61 Å². The molecule has 2 aromatic carbocycles. The first-order chi connectivity index (χ1) is 17.7. The summed E-state index contributed by atoms with van der Waals surface area (Å²) < 4.78 is 43.5. The number of alkyl halides is 3. The van der Waals surface area contributed by atoms with Gasteiger partial charge in [0.1, 0.15) is 0 Å². The van der Waals surface area contributed by atoms with E-state index >= 15 is 0 Å². The summed E-state index contributed by atoms with van der Waals surface area (Å²) in [6, 6.07) is 12.1. The molecule has 0 atom stereocenters. The van der Waals surface area contributed by atoms with E-state index in [0.29, 0.717) is 25.3 Å². The number of halogens is 3. The molecule has 11 heteroatoms. The van der Waals surface area contributed by atoms with Crippen LogP contribution in [0.1, 0.15) is 25.7 Å². The van der Waals surface area contributed by atoms with Gasteiger partial charge in [-0.2, -0.15) is 13.2 Å². The Labute approximate surface area is 213 Å². The normalized spacial score (nSPS) is 13.9. The number of aliphatic carboxylic acids is 1. The number of aromatic nitrogens is 1. The maximum Gasteiger partial charge on any atom is 0.490 e. The van der Waals surface area contributed by atoms with E-state index < -0.39 is 12.1 Å². The quantitative estimate of drug-likeness (QED) is 0.260. The summed E-state index contributed by atoms with van der Waals surface area (Å²) in [7, 11) is 1.67. The van der Waals surface area contributed by atoms with Gasteiger partial charge in [0.05, 0.1) is 30.4 Å². The number of hydrogen-bond acceptors (Lipinski definition) is 7. The van der Waals surface area contributed by atoms with Crippen molar-refractivity contribution in [2.24, 2.45) is 0 Å². The summed E-state index contributed by atoms with van der Waals surface area (Å²) in [5.41, 5.74) is 2.82. The van der Waals surface area contributed by atoms with E-state index in [9.17, 15) is 13.2 Å². The second kappa shape index (κ2) is 13.3. The largest absolute Gasteiger partial charge is 0.493 e. The van der Waals surface area contributed by atoms with Crippen molar-refractivity contribution in [3.63, 3.8) is 0 Å². The fraction of sp³-hybridized carbons (Fsp3) is 0.462. The van der Waals surface area contributed by atoms with Crippen molar-refractivity contribution in [2.45, 2.75) is 31.9 Å². The number of aliphatic hydroxyl groups is 1. The van der Waals surface area contributed by atoms with Crippen LogP contribution in [-0.4, -0.2) is 78.7 Å². The number of carboxylic acids is 1. The second-order valence-electron chi connectivity index (χ2n) is 8.58. The maximum absolute atomic E-state index is 10.6. The monoisotopic (exact) mass is 523 g/mol. The number of carbonyl (C=O) groups is 1. The van der Waals surface area contributed by atoms with Crippen molar-refractivity contribution >= 4 is 33.5 Å². The van der Waals surface area contributed by atoms with Crippen molar-refractivity contribution in [3.8, 4) is 11.5 Å². The number of aliphatic hydroxyl groups excluding tert-OH is 1. The number of hydrogen-bond donors (Lipinski definition) is 3. The number of rotatable bonds is 10. The molecule has 2 heterocycles. The summed E-state index contributed by atoms with van der Waals surface area (Å²) in [5, 5.41) is 21.8. The van der Waals surface area contributed by atoms with Crippen LogP contribution in [0.25, 0.3) is 21.8 Å². The van der Waals surface area contributed by atoms with E-state index in [2.05, 4.69) is 16.3 Å². The highest BCUT2D eigenvalue weighted by molar-refractivity contribution is 6.08. The van der Waals surface area contributed by atoms with Crippen molar-refractivity contribution in [1.29, 1.82) is 0 Å². The Hall–Kier alpha value is -3.31. The fourth-order valence-electron chi connectivity index (χ4n) is 4.13.